The van der Waals surface area contributed by atoms with E-state index in [0.29, 0.717) is 12.3 Å². The molecule has 0 bridgehead atoms. The molecule has 0 radical (unpaired) electrons. The third-order valence-corrected chi connectivity index (χ3v) is 6.09. The van der Waals surface area contributed by atoms with Gasteiger partial charge >= 0.3 is 5.97 Å². The number of esters is 1. The summed E-state index contributed by atoms with van der Waals surface area (Å²) in [6.45, 7) is 4.20. The van der Waals surface area contributed by atoms with Crippen LogP contribution >= 0.6 is 11.3 Å². The van der Waals surface area contributed by atoms with Gasteiger partial charge in [0.1, 0.15) is 11.2 Å². The molecule has 1 aliphatic heterocycles. The highest BCUT2D eigenvalue weighted by atomic mass is 32.1. The Morgan fingerprint density at radius 1 is 1.27 bits per heavy atom. The maximum Gasteiger partial charge on any atom is 0.360 e. The number of fused-ring (bicyclic) bond motifs is 2. The molecule has 7 nitrogen and oxygen atoms in total. The van der Waals surface area contributed by atoms with Crippen molar-refractivity contribution in [2.75, 3.05) is 24.6 Å². The second-order valence-electron chi connectivity index (χ2n) is 6.61. The molecule has 8 heteroatoms. The first-order chi connectivity index (χ1) is 12.7. The van der Waals surface area contributed by atoms with Gasteiger partial charge in [0.25, 0.3) is 0 Å². The van der Waals surface area contributed by atoms with Crippen LogP contribution < -0.4 is 4.90 Å². The molecule has 5 rings (SSSR count). The summed E-state index contributed by atoms with van der Waals surface area (Å²) in [4.78, 5) is 30.1. The molecule has 1 saturated heterocycles. The smallest absolute Gasteiger partial charge is 0.360 e. The van der Waals surface area contributed by atoms with Crippen molar-refractivity contribution < 1.29 is 9.53 Å². The fraction of sp³-hybridized carbons (Fsp3) is 0.444. The SMILES string of the molecule is CCOC(=O)c1ncn2cc(-c3nc(N4CCC4)nc4c3CCC4)sc12. The van der Waals surface area contributed by atoms with E-state index < -0.39 is 0 Å². The van der Waals surface area contributed by atoms with Crippen LogP contribution in [0.25, 0.3) is 15.4 Å². The van der Waals surface area contributed by atoms with Crippen molar-refractivity contribution in [2.45, 2.75) is 32.6 Å². The van der Waals surface area contributed by atoms with Crippen molar-refractivity contribution in [2.24, 2.45) is 0 Å². The molecule has 4 heterocycles. The summed E-state index contributed by atoms with van der Waals surface area (Å²) < 4.78 is 7.00. The number of carbonyl (C=O) groups excluding carboxylic acids is 1. The van der Waals surface area contributed by atoms with Crippen LogP contribution in [-0.4, -0.2) is 45.0 Å². The molecule has 0 N–H and O–H groups in total. The van der Waals surface area contributed by atoms with Crippen molar-refractivity contribution in [3.8, 4) is 10.6 Å². The summed E-state index contributed by atoms with van der Waals surface area (Å²) in [5, 5.41) is 0. The van der Waals surface area contributed by atoms with Crippen LogP contribution in [0.5, 0.6) is 0 Å². The number of thiazole rings is 1. The Morgan fingerprint density at radius 3 is 2.92 bits per heavy atom. The molecule has 0 unspecified atom stereocenters. The standard InChI is InChI=1S/C18H19N5O2S/c1-2-25-17(24)15-16-23(10-19-15)9-13(26-16)14-11-5-3-6-12(11)20-18(21-14)22-7-4-8-22/h9-10H,2-8H2,1H3. The Labute approximate surface area is 154 Å². The normalized spacial score (nSPS) is 16.0. The van der Waals surface area contributed by atoms with Gasteiger partial charge in [-0.05, 0) is 32.6 Å². The zero-order chi connectivity index (χ0) is 17.7. The summed E-state index contributed by atoms with van der Waals surface area (Å²) in [5.41, 5.74) is 3.82. The molecule has 3 aromatic rings. The highest BCUT2D eigenvalue weighted by Gasteiger charge is 2.26. The molecule has 0 aromatic carbocycles. The van der Waals surface area contributed by atoms with Crippen molar-refractivity contribution in [3.63, 3.8) is 0 Å². The number of aromatic nitrogens is 4. The van der Waals surface area contributed by atoms with Crippen LogP contribution in [-0.2, 0) is 17.6 Å². The van der Waals surface area contributed by atoms with Gasteiger partial charge < -0.3 is 9.64 Å². The summed E-state index contributed by atoms with van der Waals surface area (Å²) in [6, 6.07) is 0. The van der Waals surface area contributed by atoms with Crippen molar-refractivity contribution in [1.82, 2.24) is 19.4 Å². The zero-order valence-corrected chi connectivity index (χ0v) is 15.4. The lowest BCUT2D eigenvalue weighted by atomic mass is 10.1. The molecule has 0 spiro atoms. The van der Waals surface area contributed by atoms with Gasteiger partial charge in [-0.2, -0.15) is 0 Å². The minimum absolute atomic E-state index is 0.342. The lowest BCUT2D eigenvalue weighted by Gasteiger charge is -2.31. The van der Waals surface area contributed by atoms with E-state index in [1.807, 2.05) is 10.6 Å². The van der Waals surface area contributed by atoms with Gasteiger partial charge in [0.2, 0.25) is 5.95 Å². The third-order valence-electron chi connectivity index (χ3n) is 4.97. The molecule has 134 valence electrons. The minimum atomic E-state index is -0.377. The largest absolute Gasteiger partial charge is 0.461 e. The predicted octanol–water partition coefficient (Wildman–Crippen LogP) is 2.73. The lowest BCUT2D eigenvalue weighted by molar-refractivity contribution is 0.0522. The number of rotatable bonds is 4. The number of imidazole rings is 1. The summed E-state index contributed by atoms with van der Waals surface area (Å²) >= 11 is 1.54. The Morgan fingerprint density at radius 2 is 2.15 bits per heavy atom. The van der Waals surface area contributed by atoms with Gasteiger partial charge in [-0.15, -0.1) is 11.3 Å². The fourth-order valence-electron chi connectivity index (χ4n) is 3.53. The molecule has 0 amide bonds. The number of carbonyl (C=O) groups is 1. The number of anilines is 1. The number of hydrogen-bond acceptors (Lipinski definition) is 7. The fourth-order valence-corrected chi connectivity index (χ4v) is 4.61. The van der Waals surface area contributed by atoms with E-state index in [4.69, 9.17) is 14.7 Å². The highest BCUT2D eigenvalue weighted by Crippen LogP contribution is 2.37. The molecule has 0 atom stereocenters. The number of aryl methyl sites for hydroxylation is 1. The molecule has 2 aliphatic rings. The Kier molecular flexibility index (Phi) is 3.66. The van der Waals surface area contributed by atoms with Crippen LogP contribution in [0.2, 0.25) is 0 Å². The van der Waals surface area contributed by atoms with E-state index in [0.717, 1.165) is 53.7 Å². The van der Waals surface area contributed by atoms with E-state index in [9.17, 15) is 4.79 Å². The average Bonchev–Trinajstić information content (AvgIpc) is 3.27. The number of nitrogens with zero attached hydrogens (tertiary/aromatic N) is 5. The van der Waals surface area contributed by atoms with E-state index in [1.165, 1.54) is 17.7 Å². The van der Waals surface area contributed by atoms with Crippen LogP contribution in [0.4, 0.5) is 5.95 Å². The van der Waals surface area contributed by atoms with Gasteiger partial charge in [-0.25, -0.2) is 19.7 Å². The maximum absolute atomic E-state index is 12.1. The molecule has 1 fully saturated rings. The van der Waals surface area contributed by atoms with Crippen LogP contribution in [0, 0.1) is 0 Å². The van der Waals surface area contributed by atoms with Crippen LogP contribution in [0.3, 0.4) is 0 Å². The van der Waals surface area contributed by atoms with E-state index in [2.05, 4.69) is 9.88 Å². The molecule has 0 saturated carbocycles. The Bertz CT molecular complexity index is 1000. The van der Waals surface area contributed by atoms with E-state index >= 15 is 0 Å². The molecular formula is C18H19N5O2S. The second kappa shape index (κ2) is 6.05. The quantitative estimate of drug-likeness (QED) is 0.659. The summed E-state index contributed by atoms with van der Waals surface area (Å²) in [5.74, 6) is 0.464. The number of ether oxygens (including phenoxy) is 1. The molecule has 1 aliphatic carbocycles. The van der Waals surface area contributed by atoms with Crippen LogP contribution in [0.1, 0.15) is 41.5 Å². The Hall–Kier alpha value is -2.48. The zero-order valence-electron chi connectivity index (χ0n) is 14.6. The maximum atomic E-state index is 12.1. The summed E-state index contributed by atoms with van der Waals surface area (Å²) in [7, 11) is 0. The monoisotopic (exact) mass is 369 g/mol. The summed E-state index contributed by atoms with van der Waals surface area (Å²) in [6.07, 6.45) is 8.04. The van der Waals surface area contributed by atoms with Gasteiger partial charge in [-0.3, -0.25) is 4.40 Å². The third kappa shape index (κ3) is 2.39. The van der Waals surface area contributed by atoms with Gasteiger partial charge in [-0.1, -0.05) is 0 Å². The van der Waals surface area contributed by atoms with Crippen molar-refractivity contribution in [1.29, 1.82) is 0 Å². The topological polar surface area (TPSA) is 72.6 Å². The first-order valence-electron chi connectivity index (χ1n) is 9.03. The second-order valence-corrected chi connectivity index (χ2v) is 7.64. The Balaban J connectivity index is 1.61. The lowest BCUT2D eigenvalue weighted by Crippen LogP contribution is -2.38. The van der Waals surface area contributed by atoms with E-state index in [-0.39, 0.29) is 5.97 Å². The highest BCUT2D eigenvalue weighted by molar-refractivity contribution is 7.21. The predicted molar refractivity (Wildman–Crippen MR) is 98.9 cm³/mol. The van der Waals surface area contributed by atoms with Gasteiger partial charge in [0.15, 0.2) is 5.69 Å². The molecule has 3 aromatic heterocycles. The van der Waals surface area contributed by atoms with Crippen LogP contribution in [0.15, 0.2) is 12.5 Å². The van der Waals surface area contributed by atoms with Gasteiger partial charge in [0, 0.05) is 30.5 Å². The van der Waals surface area contributed by atoms with Crippen molar-refractivity contribution in [3.05, 3.63) is 29.5 Å². The minimum Gasteiger partial charge on any atom is -0.461 e. The molecule has 26 heavy (non-hydrogen) atoms. The average molecular weight is 369 g/mol. The first kappa shape index (κ1) is 15.7. The number of hydrogen-bond donors (Lipinski definition) is 0. The molecular weight excluding hydrogens is 350 g/mol. The van der Waals surface area contributed by atoms with E-state index in [1.54, 1.807) is 24.6 Å². The van der Waals surface area contributed by atoms with Gasteiger partial charge in [0.05, 0.1) is 17.2 Å². The first-order valence-corrected chi connectivity index (χ1v) is 9.85. The van der Waals surface area contributed by atoms with Crippen molar-refractivity contribution >= 4 is 28.1 Å².